The maximum Gasteiger partial charge on any atom is 0.290 e. The summed E-state index contributed by atoms with van der Waals surface area (Å²) >= 11 is 1.49. The van der Waals surface area contributed by atoms with Crippen molar-refractivity contribution >= 4 is 28.1 Å². The summed E-state index contributed by atoms with van der Waals surface area (Å²) in [5.74, 6) is -0.255. The second-order valence-corrected chi connectivity index (χ2v) is 7.31. The van der Waals surface area contributed by atoms with Crippen LogP contribution in [0.3, 0.4) is 0 Å². The van der Waals surface area contributed by atoms with Crippen LogP contribution in [0.2, 0.25) is 0 Å². The number of benzene rings is 1. The van der Waals surface area contributed by atoms with E-state index in [1.807, 2.05) is 6.07 Å². The zero-order chi connectivity index (χ0) is 17.8. The number of rotatable bonds is 3. The van der Waals surface area contributed by atoms with Gasteiger partial charge in [0.2, 0.25) is 0 Å². The lowest BCUT2D eigenvalue weighted by atomic mass is 10.0. The summed E-state index contributed by atoms with van der Waals surface area (Å²) in [6.45, 7) is 3.03. The monoisotopic (exact) mass is 370 g/mol. The molecule has 1 amide bonds. The Morgan fingerprint density at radius 1 is 1.19 bits per heavy atom. The number of fused-ring (bicyclic) bond motifs is 1. The van der Waals surface area contributed by atoms with Crippen LogP contribution in [-0.2, 0) is 11.2 Å². The van der Waals surface area contributed by atoms with Gasteiger partial charge >= 0.3 is 0 Å². The number of anilines is 1. The number of hydrogen-bond acceptors (Lipinski definition) is 6. The molecule has 0 saturated carbocycles. The number of aryl methyl sites for hydroxylation is 1. The van der Waals surface area contributed by atoms with Gasteiger partial charge in [-0.3, -0.25) is 4.79 Å². The molecule has 1 fully saturated rings. The number of carbonyl (C=O) groups excluding carboxylic acids is 1. The van der Waals surface area contributed by atoms with E-state index in [0.717, 1.165) is 55.2 Å². The first-order chi connectivity index (χ1) is 12.8. The Labute approximate surface area is 156 Å². The fraction of sp³-hybridized carbons (Fsp3) is 0.421. The molecule has 1 N–H and O–H groups in total. The molecule has 0 atom stereocenters. The van der Waals surface area contributed by atoms with Gasteiger partial charge in [-0.2, -0.15) is 5.10 Å². The first-order valence-electron chi connectivity index (χ1n) is 9.04. The summed E-state index contributed by atoms with van der Waals surface area (Å²) in [6, 6.07) is 8.32. The van der Waals surface area contributed by atoms with Crippen LogP contribution in [0.15, 0.2) is 34.7 Å². The SMILES string of the molecule is O=C(N/N=C1/CCCCc2ccccc21)c1csc(N2CCOCC2)n1. The second-order valence-electron chi connectivity index (χ2n) is 6.48. The lowest BCUT2D eigenvalue weighted by molar-refractivity contribution is 0.0950. The molecule has 1 aliphatic heterocycles. The minimum absolute atomic E-state index is 0.255. The predicted molar refractivity (Wildman–Crippen MR) is 103 cm³/mol. The molecule has 2 heterocycles. The number of amides is 1. The topological polar surface area (TPSA) is 66.8 Å². The summed E-state index contributed by atoms with van der Waals surface area (Å²) in [5.41, 5.74) is 6.53. The van der Waals surface area contributed by atoms with Gasteiger partial charge in [0.15, 0.2) is 5.13 Å². The fourth-order valence-electron chi connectivity index (χ4n) is 3.32. The molecule has 1 aromatic carbocycles. The van der Waals surface area contributed by atoms with Gasteiger partial charge < -0.3 is 9.64 Å². The Morgan fingerprint density at radius 3 is 2.88 bits per heavy atom. The molecule has 26 heavy (non-hydrogen) atoms. The number of carbonyl (C=O) groups is 1. The van der Waals surface area contributed by atoms with Gasteiger partial charge in [0.1, 0.15) is 5.69 Å². The molecule has 1 saturated heterocycles. The van der Waals surface area contributed by atoms with Gasteiger partial charge in [0.05, 0.1) is 18.9 Å². The van der Waals surface area contributed by atoms with Crippen LogP contribution in [0.25, 0.3) is 0 Å². The van der Waals surface area contributed by atoms with Gasteiger partial charge in [-0.15, -0.1) is 11.3 Å². The number of ether oxygens (including phenoxy) is 1. The van der Waals surface area contributed by atoms with E-state index in [1.54, 1.807) is 5.38 Å². The summed E-state index contributed by atoms with van der Waals surface area (Å²) in [6.07, 6.45) is 4.19. The molecule has 0 bridgehead atoms. The number of aromatic nitrogens is 1. The third kappa shape index (κ3) is 3.78. The van der Waals surface area contributed by atoms with Gasteiger partial charge in [-0.25, -0.2) is 10.4 Å². The maximum absolute atomic E-state index is 12.5. The average Bonchev–Trinajstić information content (AvgIpc) is 3.10. The summed E-state index contributed by atoms with van der Waals surface area (Å²) in [4.78, 5) is 19.1. The van der Waals surface area contributed by atoms with Crippen molar-refractivity contribution in [2.75, 3.05) is 31.2 Å². The predicted octanol–water partition coefficient (Wildman–Crippen LogP) is 2.84. The molecule has 6 nitrogen and oxygen atoms in total. The lowest BCUT2D eigenvalue weighted by Crippen LogP contribution is -2.36. The second kappa shape index (κ2) is 7.97. The van der Waals surface area contributed by atoms with Crippen molar-refractivity contribution in [3.05, 3.63) is 46.5 Å². The molecule has 0 unspecified atom stereocenters. The van der Waals surface area contributed by atoms with E-state index in [9.17, 15) is 4.79 Å². The first kappa shape index (κ1) is 17.2. The van der Waals surface area contributed by atoms with E-state index in [-0.39, 0.29) is 5.91 Å². The molecule has 1 aromatic heterocycles. The largest absolute Gasteiger partial charge is 0.378 e. The molecule has 136 valence electrons. The zero-order valence-corrected chi connectivity index (χ0v) is 15.4. The van der Waals surface area contributed by atoms with Crippen molar-refractivity contribution in [1.29, 1.82) is 0 Å². The fourth-order valence-corrected chi connectivity index (χ4v) is 4.18. The number of hydrogen-bond donors (Lipinski definition) is 1. The molecule has 7 heteroatoms. The van der Waals surface area contributed by atoms with E-state index in [2.05, 4.69) is 38.6 Å². The van der Waals surface area contributed by atoms with Crippen molar-refractivity contribution in [2.24, 2.45) is 5.10 Å². The smallest absolute Gasteiger partial charge is 0.290 e. The van der Waals surface area contributed by atoms with E-state index in [1.165, 1.54) is 16.9 Å². The molecule has 2 aromatic rings. The molecular formula is C19H22N4O2S. The van der Waals surface area contributed by atoms with Crippen LogP contribution in [0.4, 0.5) is 5.13 Å². The van der Waals surface area contributed by atoms with Gasteiger partial charge in [0, 0.05) is 24.0 Å². The Kier molecular flexibility index (Phi) is 5.26. The summed E-state index contributed by atoms with van der Waals surface area (Å²) < 4.78 is 5.36. The highest BCUT2D eigenvalue weighted by molar-refractivity contribution is 7.13. The Morgan fingerprint density at radius 2 is 2.00 bits per heavy atom. The molecule has 0 radical (unpaired) electrons. The maximum atomic E-state index is 12.5. The van der Waals surface area contributed by atoms with E-state index < -0.39 is 0 Å². The van der Waals surface area contributed by atoms with Crippen molar-refractivity contribution in [1.82, 2.24) is 10.4 Å². The third-order valence-corrected chi connectivity index (χ3v) is 5.64. The van der Waals surface area contributed by atoms with Crippen LogP contribution < -0.4 is 10.3 Å². The quantitative estimate of drug-likeness (QED) is 0.666. The Bertz CT molecular complexity index is 811. The van der Waals surface area contributed by atoms with Crippen LogP contribution in [-0.4, -0.2) is 42.9 Å². The highest BCUT2D eigenvalue weighted by Crippen LogP contribution is 2.22. The van der Waals surface area contributed by atoms with Gasteiger partial charge in [0.25, 0.3) is 5.91 Å². The third-order valence-electron chi connectivity index (χ3n) is 4.74. The van der Waals surface area contributed by atoms with Crippen LogP contribution >= 0.6 is 11.3 Å². The first-order valence-corrected chi connectivity index (χ1v) is 9.92. The van der Waals surface area contributed by atoms with Crippen molar-refractivity contribution < 1.29 is 9.53 Å². The molecular weight excluding hydrogens is 348 g/mol. The standard InChI is InChI=1S/C19H22N4O2S/c24-18(17-13-26-19(20-17)23-9-11-25-12-10-23)22-21-16-8-4-2-6-14-5-1-3-7-15(14)16/h1,3,5,7,13H,2,4,6,8-12H2,(H,22,24)/b21-16-. The number of morpholine rings is 1. The van der Waals surface area contributed by atoms with Crippen molar-refractivity contribution in [2.45, 2.75) is 25.7 Å². The Hall–Kier alpha value is -2.25. The van der Waals surface area contributed by atoms with Crippen LogP contribution in [0, 0.1) is 0 Å². The van der Waals surface area contributed by atoms with E-state index in [4.69, 9.17) is 4.74 Å². The average molecular weight is 370 g/mol. The van der Waals surface area contributed by atoms with Crippen LogP contribution in [0.1, 0.15) is 40.9 Å². The van der Waals surface area contributed by atoms with Crippen molar-refractivity contribution in [3.8, 4) is 0 Å². The van der Waals surface area contributed by atoms with Gasteiger partial charge in [-0.05, 0) is 31.2 Å². The minimum atomic E-state index is -0.255. The molecule has 1 aliphatic carbocycles. The van der Waals surface area contributed by atoms with Crippen molar-refractivity contribution in [3.63, 3.8) is 0 Å². The highest BCUT2D eigenvalue weighted by atomic mass is 32.1. The summed E-state index contributed by atoms with van der Waals surface area (Å²) in [7, 11) is 0. The lowest BCUT2D eigenvalue weighted by Gasteiger charge is -2.25. The normalized spacial score (nSPS) is 19.1. The molecule has 4 rings (SSSR count). The van der Waals surface area contributed by atoms with E-state index in [0.29, 0.717) is 18.9 Å². The summed E-state index contributed by atoms with van der Waals surface area (Å²) in [5, 5.41) is 7.09. The van der Waals surface area contributed by atoms with Crippen LogP contribution in [0.5, 0.6) is 0 Å². The van der Waals surface area contributed by atoms with E-state index >= 15 is 0 Å². The highest BCUT2D eigenvalue weighted by Gasteiger charge is 2.18. The number of hydrazone groups is 1. The number of thiazole rings is 1. The molecule has 0 spiro atoms. The number of nitrogens with zero attached hydrogens (tertiary/aromatic N) is 3. The Balaban J connectivity index is 1.47. The number of nitrogens with one attached hydrogen (secondary N) is 1. The zero-order valence-electron chi connectivity index (χ0n) is 14.6. The van der Waals surface area contributed by atoms with Gasteiger partial charge in [-0.1, -0.05) is 24.3 Å². The molecule has 2 aliphatic rings. The minimum Gasteiger partial charge on any atom is -0.378 e.